The SMILES string of the molecule is C=CC(=O)Nc1ccc(F)c(Nc2nc(Nc3cnn(C)c3)ncc2-c2ccccc2C)c1. The van der Waals surface area contributed by atoms with Gasteiger partial charge in [0.25, 0.3) is 0 Å². The predicted octanol–water partition coefficient (Wildman–Crippen LogP) is 4.94. The molecule has 0 radical (unpaired) electrons. The van der Waals surface area contributed by atoms with Crippen molar-refractivity contribution in [3.8, 4) is 11.1 Å². The first kappa shape index (κ1) is 21.7. The van der Waals surface area contributed by atoms with Gasteiger partial charge in [-0.3, -0.25) is 9.48 Å². The van der Waals surface area contributed by atoms with Crippen molar-refractivity contribution in [3.63, 3.8) is 0 Å². The van der Waals surface area contributed by atoms with E-state index in [2.05, 4.69) is 37.6 Å². The summed E-state index contributed by atoms with van der Waals surface area (Å²) < 4.78 is 16.3. The smallest absolute Gasteiger partial charge is 0.247 e. The van der Waals surface area contributed by atoms with E-state index in [1.54, 1.807) is 30.3 Å². The molecule has 2 aromatic carbocycles. The number of benzene rings is 2. The van der Waals surface area contributed by atoms with E-state index in [0.29, 0.717) is 28.7 Å². The molecule has 0 aliphatic carbocycles. The number of carbonyl (C=O) groups excluding carboxylic acids is 1. The Balaban J connectivity index is 1.75. The summed E-state index contributed by atoms with van der Waals surface area (Å²) in [5.74, 6) is -0.169. The van der Waals surface area contributed by atoms with Gasteiger partial charge in [0.1, 0.15) is 11.6 Å². The fourth-order valence-corrected chi connectivity index (χ4v) is 3.24. The lowest BCUT2D eigenvalue weighted by Crippen LogP contribution is -2.08. The zero-order valence-corrected chi connectivity index (χ0v) is 18.1. The first-order chi connectivity index (χ1) is 15.9. The van der Waals surface area contributed by atoms with E-state index >= 15 is 0 Å². The number of rotatable bonds is 7. The van der Waals surface area contributed by atoms with Gasteiger partial charge in [0.05, 0.1) is 17.6 Å². The quantitative estimate of drug-likeness (QED) is 0.350. The summed E-state index contributed by atoms with van der Waals surface area (Å²) in [4.78, 5) is 20.7. The van der Waals surface area contributed by atoms with E-state index in [9.17, 15) is 9.18 Å². The van der Waals surface area contributed by atoms with Crippen LogP contribution in [-0.2, 0) is 11.8 Å². The molecule has 0 saturated heterocycles. The third-order valence-electron chi connectivity index (χ3n) is 4.86. The minimum absolute atomic E-state index is 0.151. The lowest BCUT2D eigenvalue weighted by molar-refractivity contribution is -0.111. The Labute approximate surface area is 190 Å². The number of nitrogens with one attached hydrogen (secondary N) is 3. The van der Waals surface area contributed by atoms with Crippen molar-refractivity contribution in [1.82, 2.24) is 19.7 Å². The number of halogens is 1. The Morgan fingerprint density at radius 1 is 1.09 bits per heavy atom. The maximum absolute atomic E-state index is 14.7. The van der Waals surface area contributed by atoms with Gasteiger partial charge in [-0.2, -0.15) is 10.1 Å². The lowest BCUT2D eigenvalue weighted by atomic mass is 10.0. The van der Waals surface area contributed by atoms with Crippen LogP contribution in [0.25, 0.3) is 11.1 Å². The number of hydrogen-bond acceptors (Lipinski definition) is 6. The van der Waals surface area contributed by atoms with Crippen molar-refractivity contribution in [2.45, 2.75) is 6.92 Å². The molecule has 0 aliphatic rings. The van der Waals surface area contributed by atoms with Crippen LogP contribution < -0.4 is 16.0 Å². The van der Waals surface area contributed by atoms with Crippen LogP contribution in [-0.4, -0.2) is 25.7 Å². The van der Waals surface area contributed by atoms with Gasteiger partial charge in [-0.1, -0.05) is 30.8 Å². The highest BCUT2D eigenvalue weighted by atomic mass is 19.1. The van der Waals surface area contributed by atoms with Crippen molar-refractivity contribution in [2.75, 3.05) is 16.0 Å². The summed E-state index contributed by atoms with van der Waals surface area (Å²) in [5, 5.41) is 12.9. The number of anilines is 5. The molecule has 3 N–H and O–H groups in total. The maximum atomic E-state index is 14.7. The monoisotopic (exact) mass is 443 g/mol. The number of aromatic nitrogens is 4. The zero-order chi connectivity index (χ0) is 23.4. The Morgan fingerprint density at radius 2 is 1.91 bits per heavy atom. The van der Waals surface area contributed by atoms with Crippen molar-refractivity contribution in [1.29, 1.82) is 0 Å². The Kier molecular flexibility index (Phi) is 6.12. The van der Waals surface area contributed by atoms with Crippen LogP contribution in [0.2, 0.25) is 0 Å². The molecule has 4 aromatic rings. The van der Waals surface area contributed by atoms with Gasteiger partial charge in [0.15, 0.2) is 0 Å². The normalized spacial score (nSPS) is 10.5. The van der Waals surface area contributed by atoms with Crippen LogP contribution in [0.15, 0.2) is 73.7 Å². The van der Waals surface area contributed by atoms with Gasteiger partial charge in [0.2, 0.25) is 11.9 Å². The fourth-order valence-electron chi connectivity index (χ4n) is 3.24. The zero-order valence-electron chi connectivity index (χ0n) is 18.1. The Bertz CT molecular complexity index is 1330. The molecule has 2 heterocycles. The molecule has 0 atom stereocenters. The van der Waals surface area contributed by atoms with Gasteiger partial charge >= 0.3 is 0 Å². The van der Waals surface area contributed by atoms with Crippen molar-refractivity contribution < 1.29 is 9.18 Å². The molecule has 9 heteroatoms. The number of nitrogens with zero attached hydrogens (tertiary/aromatic N) is 4. The second kappa shape index (κ2) is 9.31. The minimum atomic E-state index is -0.497. The van der Waals surface area contributed by atoms with Crippen LogP contribution in [0.1, 0.15) is 5.56 Å². The maximum Gasteiger partial charge on any atom is 0.247 e. The van der Waals surface area contributed by atoms with Crippen molar-refractivity contribution in [2.24, 2.45) is 7.05 Å². The van der Waals surface area contributed by atoms with E-state index in [-0.39, 0.29) is 5.69 Å². The summed E-state index contributed by atoms with van der Waals surface area (Å²) in [7, 11) is 1.81. The molecule has 0 aliphatic heterocycles. The number of aryl methyl sites for hydroxylation is 2. The van der Waals surface area contributed by atoms with E-state index in [1.165, 1.54) is 18.2 Å². The van der Waals surface area contributed by atoms with E-state index in [0.717, 1.165) is 17.2 Å². The van der Waals surface area contributed by atoms with Gasteiger partial charge in [0, 0.05) is 30.7 Å². The third-order valence-corrected chi connectivity index (χ3v) is 4.86. The van der Waals surface area contributed by atoms with Gasteiger partial charge < -0.3 is 16.0 Å². The molecule has 0 spiro atoms. The second-order valence-corrected chi connectivity index (χ2v) is 7.31. The molecule has 166 valence electrons. The molecule has 4 rings (SSSR count). The molecular formula is C24H22FN7O. The summed E-state index contributed by atoms with van der Waals surface area (Å²) in [6.45, 7) is 5.41. The summed E-state index contributed by atoms with van der Waals surface area (Å²) in [5.41, 5.74) is 3.91. The van der Waals surface area contributed by atoms with E-state index in [1.807, 2.05) is 31.2 Å². The first-order valence-electron chi connectivity index (χ1n) is 10.1. The highest BCUT2D eigenvalue weighted by Crippen LogP contribution is 2.33. The van der Waals surface area contributed by atoms with Crippen LogP contribution >= 0.6 is 0 Å². The molecule has 1 amide bonds. The van der Waals surface area contributed by atoms with Gasteiger partial charge in [-0.05, 0) is 42.3 Å². The first-order valence-corrected chi connectivity index (χ1v) is 10.1. The Morgan fingerprint density at radius 3 is 2.64 bits per heavy atom. The average molecular weight is 443 g/mol. The highest BCUT2D eigenvalue weighted by molar-refractivity contribution is 5.99. The number of carbonyl (C=O) groups is 1. The second-order valence-electron chi connectivity index (χ2n) is 7.31. The largest absolute Gasteiger partial charge is 0.337 e. The third kappa shape index (κ3) is 5.04. The standard InChI is InChI=1S/C24H22FN7O/c1-4-22(33)28-16-9-10-20(25)21(11-16)30-23-19(18-8-6-5-7-15(18)2)13-26-24(31-23)29-17-12-27-32(3)14-17/h4-14H,1H2,2-3H3,(H,28,33)(H2,26,29,30,31). The average Bonchev–Trinajstić information content (AvgIpc) is 3.21. The molecule has 0 fully saturated rings. The summed E-state index contributed by atoms with van der Waals surface area (Å²) in [6.07, 6.45) is 6.26. The fraction of sp³-hybridized carbons (Fsp3) is 0.0833. The molecule has 0 saturated carbocycles. The topological polar surface area (TPSA) is 96.8 Å². The van der Waals surface area contributed by atoms with Gasteiger partial charge in [-0.15, -0.1) is 0 Å². The van der Waals surface area contributed by atoms with Crippen LogP contribution in [0.4, 0.5) is 33.2 Å². The molecule has 8 nitrogen and oxygen atoms in total. The van der Waals surface area contributed by atoms with Crippen molar-refractivity contribution in [3.05, 3.63) is 85.1 Å². The van der Waals surface area contributed by atoms with Crippen molar-refractivity contribution >= 4 is 34.7 Å². The van der Waals surface area contributed by atoms with Crippen LogP contribution in [0, 0.1) is 12.7 Å². The Hall–Kier alpha value is -4.53. The van der Waals surface area contributed by atoms with Crippen LogP contribution in [0.5, 0.6) is 0 Å². The summed E-state index contributed by atoms with van der Waals surface area (Å²) >= 11 is 0. The van der Waals surface area contributed by atoms with E-state index < -0.39 is 11.7 Å². The highest BCUT2D eigenvalue weighted by Gasteiger charge is 2.15. The van der Waals surface area contributed by atoms with E-state index in [4.69, 9.17) is 0 Å². The molecule has 0 bridgehead atoms. The van der Waals surface area contributed by atoms with Gasteiger partial charge in [-0.25, -0.2) is 9.37 Å². The minimum Gasteiger partial charge on any atom is -0.337 e. The summed E-state index contributed by atoms with van der Waals surface area (Å²) in [6, 6.07) is 12.0. The van der Waals surface area contributed by atoms with Crippen LogP contribution in [0.3, 0.4) is 0 Å². The molecule has 2 aromatic heterocycles. The molecule has 0 unspecified atom stereocenters. The molecule has 33 heavy (non-hydrogen) atoms. The predicted molar refractivity (Wildman–Crippen MR) is 127 cm³/mol. The lowest BCUT2D eigenvalue weighted by Gasteiger charge is -2.15. The number of amides is 1. The number of hydrogen-bond donors (Lipinski definition) is 3. The molecular weight excluding hydrogens is 421 g/mol.